The molecule has 2 aromatic carbocycles. The quantitative estimate of drug-likeness (QED) is 0.637. The van der Waals surface area contributed by atoms with Gasteiger partial charge in [0.2, 0.25) is 0 Å². The highest BCUT2D eigenvalue weighted by molar-refractivity contribution is 5.94. The van der Waals surface area contributed by atoms with Crippen LogP contribution in [0.4, 0.5) is 5.69 Å². The molecule has 28 heavy (non-hydrogen) atoms. The summed E-state index contributed by atoms with van der Waals surface area (Å²) in [6, 6.07) is 21.1. The minimum Gasteiger partial charge on any atom is -0.472 e. The molecular weight excluding hydrogens is 348 g/mol. The van der Waals surface area contributed by atoms with E-state index in [9.17, 15) is 4.79 Å². The van der Waals surface area contributed by atoms with Crippen LogP contribution in [0.1, 0.15) is 47.3 Å². The third-order valence-electron chi connectivity index (χ3n) is 5.49. The Bertz CT molecular complexity index is 919. The number of carbonyl (C=O) groups excluding carboxylic acids is 1. The first kappa shape index (κ1) is 18.4. The molecular formula is C24H26N2O2. The lowest BCUT2D eigenvalue weighted by atomic mass is 9.98. The van der Waals surface area contributed by atoms with Crippen molar-refractivity contribution in [3.05, 3.63) is 89.9 Å². The van der Waals surface area contributed by atoms with Gasteiger partial charge in [-0.1, -0.05) is 56.3 Å². The Hall–Kier alpha value is -3.01. The zero-order valence-corrected chi connectivity index (χ0v) is 16.4. The summed E-state index contributed by atoms with van der Waals surface area (Å²) in [5.74, 6) is 0.518. The summed E-state index contributed by atoms with van der Waals surface area (Å²) in [6.45, 7) is 6.58. The topological polar surface area (TPSA) is 36.7 Å². The molecule has 1 aromatic heterocycles. The Kier molecular flexibility index (Phi) is 5.20. The molecule has 4 rings (SSSR count). The minimum absolute atomic E-state index is 0.0327. The van der Waals surface area contributed by atoms with Gasteiger partial charge in [-0.3, -0.25) is 4.79 Å². The normalized spacial score (nSPS) is 17.2. The van der Waals surface area contributed by atoms with E-state index < -0.39 is 0 Å². The van der Waals surface area contributed by atoms with Gasteiger partial charge >= 0.3 is 0 Å². The number of carbonyl (C=O) groups is 1. The van der Waals surface area contributed by atoms with E-state index in [1.165, 1.54) is 23.1 Å². The molecule has 1 aliphatic rings. The number of benzene rings is 2. The molecule has 144 valence electrons. The predicted molar refractivity (Wildman–Crippen MR) is 112 cm³/mol. The van der Waals surface area contributed by atoms with Gasteiger partial charge in [0.15, 0.2) is 0 Å². The summed E-state index contributed by atoms with van der Waals surface area (Å²) in [5.41, 5.74) is 4.39. The number of hydrogen-bond acceptors (Lipinski definition) is 3. The second-order valence-corrected chi connectivity index (χ2v) is 7.63. The minimum atomic E-state index is 0.0327. The molecule has 0 N–H and O–H groups in total. The monoisotopic (exact) mass is 374 g/mol. The molecule has 2 heterocycles. The van der Waals surface area contributed by atoms with Crippen LogP contribution < -0.4 is 4.90 Å². The summed E-state index contributed by atoms with van der Waals surface area (Å²) in [5, 5.41) is 0. The second kappa shape index (κ2) is 7.93. The summed E-state index contributed by atoms with van der Waals surface area (Å²) >= 11 is 0. The standard InChI is InChI=1S/C24H26N2O2/c1-18(2)20-9-6-10-22(15-20)26-13-12-25(24(27)21-11-14-28-17-21)16-23(26)19-7-4-3-5-8-19/h3-11,14-15,17-18,23H,12-13,16H2,1-2H3. The zero-order chi connectivity index (χ0) is 19.5. The highest BCUT2D eigenvalue weighted by Gasteiger charge is 2.31. The van der Waals surface area contributed by atoms with Crippen LogP contribution in [0, 0.1) is 0 Å². The molecule has 0 saturated carbocycles. The van der Waals surface area contributed by atoms with E-state index in [-0.39, 0.29) is 11.9 Å². The summed E-state index contributed by atoms with van der Waals surface area (Å²) in [7, 11) is 0. The van der Waals surface area contributed by atoms with E-state index in [4.69, 9.17) is 4.42 Å². The Morgan fingerprint density at radius 2 is 1.86 bits per heavy atom. The van der Waals surface area contributed by atoms with Crippen molar-refractivity contribution in [2.45, 2.75) is 25.8 Å². The Balaban J connectivity index is 1.65. The Morgan fingerprint density at radius 1 is 1.04 bits per heavy atom. The first-order chi connectivity index (χ1) is 13.6. The molecule has 0 aliphatic carbocycles. The van der Waals surface area contributed by atoms with Crippen molar-refractivity contribution in [2.24, 2.45) is 0 Å². The third-order valence-corrected chi connectivity index (χ3v) is 5.49. The van der Waals surface area contributed by atoms with Crippen molar-refractivity contribution in [2.75, 3.05) is 24.5 Å². The highest BCUT2D eigenvalue weighted by Crippen LogP contribution is 2.32. The number of nitrogens with zero attached hydrogens (tertiary/aromatic N) is 2. The molecule has 4 heteroatoms. The lowest BCUT2D eigenvalue weighted by Crippen LogP contribution is -2.50. The molecule has 1 amide bonds. The van der Waals surface area contributed by atoms with Gasteiger partial charge in [0, 0.05) is 25.3 Å². The highest BCUT2D eigenvalue weighted by atomic mass is 16.3. The zero-order valence-electron chi connectivity index (χ0n) is 16.4. The van der Waals surface area contributed by atoms with Crippen molar-refractivity contribution in [3.63, 3.8) is 0 Å². The van der Waals surface area contributed by atoms with Crippen molar-refractivity contribution in [3.8, 4) is 0 Å². The van der Waals surface area contributed by atoms with Gasteiger partial charge in [-0.15, -0.1) is 0 Å². The van der Waals surface area contributed by atoms with Crippen molar-refractivity contribution in [1.29, 1.82) is 0 Å². The fourth-order valence-electron chi connectivity index (χ4n) is 3.87. The molecule has 1 atom stereocenters. The molecule has 1 aliphatic heterocycles. The van der Waals surface area contributed by atoms with Crippen molar-refractivity contribution < 1.29 is 9.21 Å². The lowest BCUT2D eigenvalue weighted by Gasteiger charge is -2.43. The molecule has 0 radical (unpaired) electrons. The van der Waals surface area contributed by atoms with Crippen LogP contribution in [0.15, 0.2) is 77.6 Å². The molecule has 0 spiro atoms. The van der Waals surface area contributed by atoms with Gasteiger partial charge in [0.25, 0.3) is 5.91 Å². The first-order valence-corrected chi connectivity index (χ1v) is 9.86. The van der Waals surface area contributed by atoms with Crippen LogP contribution in [0.3, 0.4) is 0 Å². The van der Waals surface area contributed by atoms with E-state index in [0.717, 1.165) is 6.54 Å². The van der Waals surface area contributed by atoms with Crippen molar-refractivity contribution >= 4 is 11.6 Å². The van der Waals surface area contributed by atoms with Gasteiger partial charge in [-0.25, -0.2) is 0 Å². The van der Waals surface area contributed by atoms with Crippen LogP contribution in [0.25, 0.3) is 0 Å². The maximum atomic E-state index is 12.9. The van der Waals surface area contributed by atoms with Crippen LogP contribution in [-0.2, 0) is 0 Å². The first-order valence-electron chi connectivity index (χ1n) is 9.86. The average molecular weight is 374 g/mol. The van der Waals surface area contributed by atoms with Gasteiger partial charge in [-0.05, 0) is 35.2 Å². The van der Waals surface area contributed by atoms with Gasteiger partial charge < -0.3 is 14.2 Å². The van der Waals surface area contributed by atoms with Crippen molar-refractivity contribution in [1.82, 2.24) is 4.90 Å². The maximum Gasteiger partial charge on any atom is 0.257 e. The molecule has 1 unspecified atom stereocenters. The summed E-state index contributed by atoms with van der Waals surface area (Å²) in [6.07, 6.45) is 3.08. The Morgan fingerprint density at radius 3 is 2.57 bits per heavy atom. The second-order valence-electron chi connectivity index (χ2n) is 7.63. The number of piperazine rings is 1. The summed E-state index contributed by atoms with van der Waals surface area (Å²) < 4.78 is 5.11. The van der Waals surface area contributed by atoms with E-state index in [2.05, 4.69) is 67.3 Å². The molecule has 1 saturated heterocycles. The summed E-state index contributed by atoms with van der Waals surface area (Å²) in [4.78, 5) is 17.2. The van der Waals surface area contributed by atoms with Crippen LogP contribution in [0.5, 0.6) is 0 Å². The molecule has 1 fully saturated rings. The van der Waals surface area contributed by atoms with E-state index >= 15 is 0 Å². The molecule has 0 bridgehead atoms. The molecule has 4 nitrogen and oxygen atoms in total. The van der Waals surface area contributed by atoms with Gasteiger partial charge in [-0.2, -0.15) is 0 Å². The number of rotatable bonds is 4. The van der Waals surface area contributed by atoms with Crippen LogP contribution >= 0.6 is 0 Å². The number of amides is 1. The third kappa shape index (κ3) is 3.68. The Labute approximate surface area is 166 Å². The number of furan rings is 1. The van der Waals surface area contributed by atoms with Crippen LogP contribution in [-0.4, -0.2) is 30.4 Å². The van der Waals surface area contributed by atoms with Crippen LogP contribution in [0.2, 0.25) is 0 Å². The largest absolute Gasteiger partial charge is 0.472 e. The van der Waals surface area contributed by atoms with Gasteiger partial charge in [0.05, 0.1) is 17.9 Å². The van der Waals surface area contributed by atoms with E-state index in [0.29, 0.717) is 24.6 Å². The lowest BCUT2D eigenvalue weighted by molar-refractivity contribution is 0.0721. The number of hydrogen-bond donors (Lipinski definition) is 0. The SMILES string of the molecule is CC(C)c1cccc(N2CCN(C(=O)c3ccoc3)CC2c2ccccc2)c1. The van der Waals surface area contributed by atoms with E-state index in [1.807, 2.05) is 11.0 Å². The van der Waals surface area contributed by atoms with E-state index in [1.54, 1.807) is 12.3 Å². The average Bonchev–Trinajstić information content (AvgIpc) is 3.28. The smallest absolute Gasteiger partial charge is 0.257 e. The number of anilines is 1. The maximum absolute atomic E-state index is 12.9. The van der Waals surface area contributed by atoms with Gasteiger partial charge in [0.1, 0.15) is 6.26 Å². The molecule has 3 aromatic rings. The fourth-order valence-corrected chi connectivity index (χ4v) is 3.87. The fraction of sp³-hybridized carbons (Fsp3) is 0.292. The predicted octanol–water partition coefficient (Wildman–Crippen LogP) is 5.11.